The van der Waals surface area contributed by atoms with Gasteiger partial charge in [-0.05, 0) is 48.5 Å². The molecule has 130 valence electrons. The van der Waals surface area contributed by atoms with Gasteiger partial charge in [-0.1, -0.05) is 41.9 Å². The summed E-state index contributed by atoms with van der Waals surface area (Å²) in [5, 5.41) is 11.2. The second-order valence-corrected chi connectivity index (χ2v) is 6.76. The minimum absolute atomic E-state index is 0.222. The SMILES string of the molecule is Oc1ccc(-c2cc(-c3ccccc3Cl)c3oc4ccccc4c3n2)cc1. The van der Waals surface area contributed by atoms with E-state index >= 15 is 0 Å². The fraction of sp³-hybridized carbons (Fsp3) is 0. The molecule has 5 rings (SSSR count). The van der Waals surface area contributed by atoms with Crippen LogP contribution < -0.4 is 0 Å². The van der Waals surface area contributed by atoms with Crippen LogP contribution in [0, 0.1) is 0 Å². The van der Waals surface area contributed by atoms with E-state index in [1.54, 1.807) is 12.1 Å². The minimum atomic E-state index is 0.222. The van der Waals surface area contributed by atoms with Gasteiger partial charge in [0.1, 0.15) is 16.8 Å². The maximum atomic E-state index is 9.60. The van der Waals surface area contributed by atoms with Gasteiger partial charge in [-0.25, -0.2) is 4.98 Å². The number of furan rings is 1. The lowest BCUT2D eigenvalue weighted by Gasteiger charge is -2.08. The minimum Gasteiger partial charge on any atom is -0.508 e. The van der Waals surface area contributed by atoms with E-state index in [9.17, 15) is 5.11 Å². The predicted molar refractivity (Wildman–Crippen MR) is 109 cm³/mol. The molecule has 1 N–H and O–H groups in total. The summed E-state index contributed by atoms with van der Waals surface area (Å²) in [4.78, 5) is 4.86. The van der Waals surface area contributed by atoms with Crippen LogP contribution in [-0.4, -0.2) is 10.1 Å². The third-order valence-corrected chi connectivity index (χ3v) is 4.98. The molecule has 2 heterocycles. The number of phenols is 1. The zero-order valence-corrected chi connectivity index (χ0v) is 14.9. The van der Waals surface area contributed by atoms with E-state index in [2.05, 4.69) is 0 Å². The summed E-state index contributed by atoms with van der Waals surface area (Å²) in [6.45, 7) is 0. The molecule has 0 atom stereocenters. The van der Waals surface area contributed by atoms with Crippen molar-refractivity contribution >= 4 is 33.7 Å². The van der Waals surface area contributed by atoms with Gasteiger partial charge >= 0.3 is 0 Å². The molecule has 0 amide bonds. The van der Waals surface area contributed by atoms with Crippen LogP contribution in [0.25, 0.3) is 44.5 Å². The molecule has 0 radical (unpaired) electrons. The summed E-state index contributed by atoms with van der Waals surface area (Å²) in [5.74, 6) is 0.222. The Balaban J connectivity index is 1.89. The van der Waals surface area contributed by atoms with Gasteiger partial charge in [-0.2, -0.15) is 0 Å². The quantitative estimate of drug-likeness (QED) is 0.376. The summed E-state index contributed by atoms with van der Waals surface area (Å²) in [7, 11) is 0. The smallest absolute Gasteiger partial charge is 0.161 e. The Bertz CT molecular complexity index is 1290. The second kappa shape index (κ2) is 6.15. The van der Waals surface area contributed by atoms with E-state index in [1.165, 1.54) is 0 Å². The number of nitrogens with zero attached hydrogens (tertiary/aromatic N) is 1. The zero-order chi connectivity index (χ0) is 18.4. The molecule has 4 heteroatoms. The Morgan fingerprint density at radius 1 is 0.815 bits per heavy atom. The van der Waals surface area contributed by atoms with Gasteiger partial charge < -0.3 is 9.52 Å². The molecular formula is C23H14ClNO2. The Labute approximate surface area is 160 Å². The Morgan fingerprint density at radius 3 is 2.37 bits per heavy atom. The molecule has 0 aliphatic carbocycles. The van der Waals surface area contributed by atoms with Crippen LogP contribution in [0.5, 0.6) is 5.75 Å². The number of halogens is 1. The lowest BCUT2D eigenvalue weighted by molar-refractivity contribution is 0.475. The van der Waals surface area contributed by atoms with Crippen LogP contribution >= 0.6 is 11.6 Å². The number of aromatic hydroxyl groups is 1. The number of hydrogen-bond acceptors (Lipinski definition) is 3. The highest BCUT2D eigenvalue weighted by Gasteiger charge is 2.17. The first-order chi connectivity index (χ1) is 13.2. The van der Waals surface area contributed by atoms with E-state index in [1.807, 2.05) is 66.7 Å². The molecule has 0 bridgehead atoms. The Morgan fingerprint density at radius 2 is 1.56 bits per heavy atom. The standard InChI is InChI=1S/C23H14ClNO2/c24-19-7-3-1-5-16(19)18-13-20(14-9-11-15(26)12-10-14)25-22-17-6-2-4-8-21(17)27-23(18)22/h1-13,26H. The van der Waals surface area contributed by atoms with Crippen LogP contribution in [-0.2, 0) is 0 Å². The average molecular weight is 372 g/mol. The summed E-state index contributed by atoms with van der Waals surface area (Å²) in [6, 6.07) is 24.6. The highest BCUT2D eigenvalue weighted by Crippen LogP contribution is 2.39. The van der Waals surface area contributed by atoms with E-state index in [-0.39, 0.29) is 5.75 Å². The number of phenolic OH excluding ortho intramolecular Hbond substituents is 1. The van der Waals surface area contributed by atoms with Crippen LogP contribution in [0.1, 0.15) is 0 Å². The first-order valence-corrected chi connectivity index (χ1v) is 8.95. The molecule has 0 saturated heterocycles. The van der Waals surface area contributed by atoms with Crippen molar-refractivity contribution < 1.29 is 9.52 Å². The van der Waals surface area contributed by atoms with Crippen molar-refractivity contribution in [2.45, 2.75) is 0 Å². The first-order valence-electron chi connectivity index (χ1n) is 8.57. The van der Waals surface area contributed by atoms with Gasteiger partial charge in [0, 0.05) is 27.1 Å². The number of hydrogen-bond donors (Lipinski definition) is 1. The molecule has 0 saturated carbocycles. The third-order valence-electron chi connectivity index (χ3n) is 4.65. The van der Waals surface area contributed by atoms with Crippen molar-refractivity contribution in [3.05, 3.63) is 83.9 Å². The number of aromatic nitrogens is 1. The van der Waals surface area contributed by atoms with Crippen LogP contribution in [0.4, 0.5) is 0 Å². The number of fused-ring (bicyclic) bond motifs is 3. The lowest BCUT2D eigenvalue weighted by Crippen LogP contribution is -1.88. The second-order valence-electron chi connectivity index (χ2n) is 6.36. The summed E-state index contributed by atoms with van der Waals surface area (Å²) >= 11 is 6.48. The maximum absolute atomic E-state index is 9.60. The molecular weight excluding hydrogens is 358 g/mol. The maximum Gasteiger partial charge on any atom is 0.161 e. The van der Waals surface area contributed by atoms with Crippen LogP contribution in [0.15, 0.2) is 83.3 Å². The van der Waals surface area contributed by atoms with Gasteiger partial charge in [-0.15, -0.1) is 0 Å². The number of pyridine rings is 1. The van der Waals surface area contributed by atoms with Crippen LogP contribution in [0.3, 0.4) is 0 Å². The topological polar surface area (TPSA) is 46.3 Å². The molecule has 3 nitrogen and oxygen atoms in total. The molecule has 0 aliphatic heterocycles. The summed E-state index contributed by atoms with van der Waals surface area (Å²) in [5.41, 5.74) is 5.79. The van der Waals surface area contributed by atoms with E-state index in [4.69, 9.17) is 21.0 Å². The van der Waals surface area contributed by atoms with Crippen molar-refractivity contribution in [2.75, 3.05) is 0 Å². The molecule has 0 spiro atoms. The van der Waals surface area contributed by atoms with Crippen LogP contribution in [0.2, 0.25) is 5.02 Å². The van der Waals surface area contributed by atoms with Gasteiger partial charge in [0.15, 0.2) is 5.58 Å². The third kappa shape index (κ3) is 2.64. The molecule has 0 fully saturated rings. The largest absolute Gasteiger partial charge is 0.508 e. The number of rotatable bonds is 2. The van der Waals surface area contributed by atoms with E-state index in [0.717, 1.165) is 38.9 Å². The number of benzene rings is 3. The molecule has 0 unspecified atom stereocenters. The average Bonchev–Trinajstić information content (AvgIpc) is 3.07. The molecule has 2 aromatic heterocycles. The fourth-order valence-electron chi connectivity index (χ4n) is 3.34. The monoisotopic (exact) mass is 371 g/mol. The van der Waals surface area contributed by atoms with Crippen molar-refractivity contribution in [1.29, 1.82) is 0 Å². The summed E-state index contributed by atoms with van der Waals surface area (Å²) in [6.07, 6.45) is 0. The zero-order valence-electron chi connectivity index (χ0n) is 14.2. The predicted octanol–water partition coefficient (Wildman–Crippen LogP) is 6.67. The van der Waals surface area contributed by atoms with Gasteiger partial charge in [-0.3, -0.25) is 0 Å². The van der Waals surface area contributed by atoms with E-state index in [0.29, 0.717) is 10.6 Å². The number of para-hydroxylation sites is 1. The Hall–Kier alpha value is -3.30. The highest BCUT2D eigenvalue weighted by atomic mass is 35.5. The lowest BCUT2D eigenvalue weighted by atomic mass is 10.0. The first kappa shape index (κ1) is 15.9. The van der Waals surface area contributed by atoms with Crippen molar-refractivity contribution in [2.24, 2.45) is 0 Å². The van der Waals surface area contributed by atoms with Crippen molar-refractivity contribution in [3.63, 3.8) is 0 Å². The molecule has 5 aromatic rings. The van der Waals surface area contributed by atoms with Crippen molar-refractivity contribution in [1.82, 2.24) is 4.98 Å². The normalized spacial score (nSPS) is 11.3. The fourth-order valence-corrected chi connectivity index (χ4v) is 3.58. The highest BCUT2D eigenvalue weighted by molar-refractivity contribution is 6.33. The van der Waals surface area contributed by atoms with Gasteiger partial charge in [0.2, 0.25) is 0 Å². The molecule has 27 heavy (non-hydrogen) atoms. The molecule has 3 aromatic carbocycles. The Kier molecular flexibility index (Phi) is 3.62. The van der Waals surface area contributed by atoms with Crippen molar-refractivity contribution in [3.8, 4) is 28.1 Å². The van der Waals surface area contributed by atoms with Gasteiger partial charge in [0.25, 0.3) is 0 Å². The molecule has 0 aliphatic rings. The summed E-state index contributed by atoms with van der Waals surface area (Å²) < 4.78 is 6.14. The van der Waals surface area contributed by atoms with Gasteiger partial charge in [0.05, 0.1) is 5.69 Å². The van der Waals surface area contributed by atoms with E-state index < -0.39 is 0 Å².